The first-order valence-electron chi connectivity index (χ1n) is 8.66. The molecule has 0 spiro atoms. The van der Waals surface area contributed by atoms with Gasteiger partial charge >= 0.3 is 0 Å². The normalized spacial score (nSPS) is 17.2. The maximum Gasteiger partial charge on any atom is 0.251 e. The van der Waals surface area contributed by atoms with Gasteiger partial charge in [0.1, 0.15) is 0 Å². The van der Waals surface area contributed by atoms with E-state index in [4.69, 9.17) is 11.6 Å². The highest BCUT2D eigenvalue weighted by molar-refractivity contribution is 8.16. The van der Waals surface area contributed by atoms with Crippen LogP contribution in [0.2, 0.25) is 5.02 Å². The van der Waals surface area contributed by atoms with Crippen LogP contribution in [0.15, 0.2) is 95.1 Å². The molecule has 1 heterocycles. The zero-order chi connectivity index (χ0) is 19.4. The van der Waals surface area contributed by atoms with E-state index in [2.05, 4.69) is 15.5 Å². The highest BCUT2D eigenvalue weighted by atomic mass is 35.5. The largest absolute Gasteiger partial charge is 0.302 e. The minimum atomic E-state index is -0.892. The summed E-state index contributed by atoms with van der Waals surface area (Å²) in [7, 11) is 0. The van der Waals surface area contributed by atoms with Gasteiger partial charge in [-0.3, -0.25) is 4.79 Å². The zero-order valence-electron chi connectivity index (χ0n) is 14.7. The van der Waals surface area contributed by atoms with Crippen molar-refractivity contribution in [3.05, 3.63) is 107 Å². The smallest absolute Gasteiger partial charge is 0.251 e. The van der Waals surface area contributed by atoms with E-state index < -0.39 is 4.75 Å². The predicted molar refractivity (Wildman–Crippen MR) is 116 cm³/mol. The van der Waals surface area contributed by atoms with E-state index in [0.29, 0.717) is 10.2 Å². The van der Waals surface area contributed by atoms with Crippen LogP contribution in [-0.4, -0.2) is 17.3 Å². The summed E-state index contributed by atoms with van der Waals surface area (Å²) in [6, 6.07) is 26.7. The first kappa shape index (κ1) is 18.5. The van der Waals surface area contributed by atoms with E-state index >= 15 is 0 Å². The van der Waals surface area contributed by atoms with Gasteiger partial charge in [-0.25, -0.2) is 0 Å². The number of amides is 1. The molecule has 0 radical (unpaired) electrons. The van der Waals surface area contributed by atoms with Crippen molar-refractivity contribution >= 4 is 40.7 Å². The molecule has 1 aliphatic heterocycles. The van der Waals surface area contributed by atoms with Gasteiger partial charge in [0.25, 0.3) is 5.91 Å². The molecule has 1 aliphatic rings. The van der Waals surface area contributed by atoms with E-state index in [0.717, 1.165) is 16.7 Å². The van der Waals surface area contributed by atoms with Gasteiger partial charge in [-0.05, 0) is 28.8 Å². The molecule has 0 aromatic heterocycles. The Hall–Kier alpha value is -2.89. The number of carbonyl (C=O) groups excluding carboxylic acids is 1. The van der Waals surface area contributed by atoms with E-state index in [1.165, 1.54) is 11.8 Å². The van der Waals surface area contributed by atoms with Crippen LogP contribution in [-0.2, 0) is 9.54 Å². The second kappa shape index (κ2) is 8.00. The molecule has 28 heavy (non-hydrogen) atoms. The molecule has 1 fully saturated rings. The first-order valence-corrected chi connectivity index (χ1v) is 9.86. The number of benzene rings is 3. The van der Waals surface area contributed by atoms with Crippen molar-refractivity contribution in [3.8, 4) is 0 Å². The van der Waals surface area contributed by atoms with Gasteiger partial charge < -0.3 is 5.32 Å². The van der Waals surface area contributed by atoms with E-state index in [9.17, 15) is 4.79 Å². The van der Waals surface area contributed by atoms with E-state index in [1.807, 2.05) is 72.8 Å². The number of halogens is 1. The fraction of sp³-hybridized carbons (Fsp3) is 0.0455. The van der Waals surface area contributed by atoms with Crippen molar-refractivity contribution in [2.45, 2.75) is 4.75 Å². The Morgan fingerprint density at radius 2 is 1.43 bits per heavy atom. The predicted octanol–water partition coefficient (Wildman–Crippen LogP) is 4.84. The van der Waals surface area contributed by atoms with Crippen molar-refractivity contribution in [1.29, 1.82) is 0 Å². The molecule has 138 valence electrons. The summed E-state index contributed by atoms with van der Waals surface area (Å²) in [6.45, 7) is 0. The zero-order valence-corrected chi connectivity index (χ0v) is 16.3. The Morgan fingerprint density at radius 3 is 2.00 bits per heavy atom. The topological polar surface area (TPSA) is 53.8 Å². The molecule has 4 rings (SSSR count). The maximum absolute atomic E-state index is 13.1. The van der Waals surface area contributed by atoms with Crippen LogP contribution >= 0.6 is 23.4 Å². The molecule has 3 aromatic rings. The summed E-state index contributed by atoms with van der Waals surface area (Å²) in [5.41, 5.74) is 2.67. The van der Waals surface area contributed by atoms with Crippen LogP contribution < -0.4 is 5.32 Å². The lowest BCUT2D eigenvalue weighted by molar-refractivity contribution is -0.120. The summed E-state index contributed by atoms with van der Waals surface area (Å²) < 4.78 is -0.892. The van der Waals surface area contributed by atoms with E-state index in [1.54, 1.807) is 18.3 Å². The number of thioether (sulfide) groups is 1. The molecule has 1 amide bonds. The van der Waals surface area contributed by atoms with Gasteiger partial charge in [-0.2, -0.15) is 5.10 Å². The van der Waals surface area contributed by atoms with Crippen LogP contribution in [0.25, 0.3) is 0 Å². The van der Waals surface area contributed by atoms with Gasteiger partial charge in [0.2, 0.25) is 0 Å². The van der Waals surface area contributed by atoms with Crippen molar-refractivity contribution in [1.82, 2.24) is 5.32 Å². The number of carbonyl (C=O) groups is 1. The molecule has 0 saturated carbocycles. The molecule has 1 N–H and O–H groups in total. The molecule has 6 heteroatoms. The minimum Gasteiger partial charge on any atom is -0.302 e. The third-order valence-corrected chi connectivity index (χ3v) is 5.97. The number of hydrogen-bond acceptors (Lipinski definition) is 4. The van der Waals surface area contributed by atoms with Crippen molar-refractivity contribution in [2.24, 2.45) is 10.2 Å². The fourth-order valence-electron chi connectivity index (χ4n) is 3.04. The van der Waals surface area contributed by atoms with E-state index in [-0.39, 0.29) is 5.91 Å². The Morgan fingerprint density at radius 1 is 0.857 bits per heavy atom. The number of amidine groups is 1. The van der Waals surface area contributed by atoms with Gasteiger partial charge in [-0.15, -0.1) is 5.10 Å². The highest BCUT2D eigenvalue weighted by Gasteiger charge is 2.49. The van der Waals surface area contributed by atoms with Gasteiger partial charge in [-0.1, -0.05) is 96.2 Å². The second-order valence-corrected chi connectivity index (χ2v) is 7.81. The summed E-state index contributed by atoms with van der Waals surface area (Å²) in [4.78, 5) is 13.1. The fourth-order valence-corrected chi connectivity index (χ4v) is 4.34. The molecule has 0 atom stereocenters. The van der Waals surface area contributed by atoms with Crippen LogP contribution in [0, 0.1) is 0 Å². The summed E-state index contributed by atoms with van der Waals surface area (Å²) in [5, 5.41) is 12.3. The lowest BCUT2D eigenvalue weighted by atomic mass is 9.89. The van der Waals surface area contributed by atoms with Crippen LogP contribution in [0.5, 0.6) is 0 Å². The Balaban J connectivity index is 1.67. The summed E-state index contributed by atoms with van der Waals surface area (Å²) in [5.74, 6) is -0.129. The molecule has 1 saturated heterocycles. The number of nitrogens with zero attached hydrogens (tertiary/aromatic N) is 2. The molecular weight excluding hydrogens is 390 g/mol. The molecule has 0 bridgehead atoms. The molecule has 0 unspecified atom stereocenters. The third kappa shape index (κ3) is 3.59. The second-order valence-electron chi connectivity index (χ2n) is 6.17. The number of rotatable bonds is 4. The molecule has 4 nitrogen and oxygen atoms in total. The molecule has 3 aromatic carbocycles. The standard InChI is InChI=1S/C22H16ClN3OS/c23-19-13-11-16(12-14-19)15-24-26-21-25-20(27)22(28-21,17-7-3-1-4-8-17)18-9-5-2-6-10-18/h1-15H,(H,25,26,27)/b24-15-. The highest BCUT2D eigenvalue weighted by Crippen LogP contribution is 2.46. The Labute approximate surface area is 172 Å². The van der Waals surface area contributed by atoms with Crippen LogP contribution in [0.3, 0.4) is 0 Å². The minimum absolute atomic E-state index is 0.129. The van der Waals surface area contributed by atoms with Crippen LogP contribution in [0.4, 0.5) is 0 Å². The number of nitrogens with one attached hydrogen (secondary N) is 1. The van der Waals surface area contributed by atoms with Gasteiger partial charge in [0, 0.05) is 5.02 Å². The van der Waals surface area contributed by atoms with Crippen molar-refractivity contribution in [3.63, 3.8) is 0 Å². The quantitative estimate of drug-likeness (QED) is 0.499. The molecule has 0 aliphatic carbocycles. The lowest BCUT2D eigenvalue weighted by Gasteiger charge is -2.25. The van der Waals surface area contributed by atoms with Gasteiger partial charge in [0.15, 0.2) is 9.91 Å². The lowest BCUT2D eigenvalue weighted by Crippen LogP contribution is -2.35. The average molecular weight is 406 g/mol. The molecular formula is C22H16ClN3OS. The summed E-state index contributed by atoms with van der Waals surface area (Å²) >= 11 is 7.25. The van der Waals surface area contributed by atoms with Gasteiger partial charge in [0.05, 0.1) is 6.21 Å². The SMILES string of the molecule is O=C1N/C(=N\N=C/c2ccc(Cl)cc2)SC1(c1ccccc1)c1ccccc1. The number of hydrogen-bond donors (Lipinski definition) is 1. The first-order chi connectivity index (χ1) is 13.7. The Kier molecular flexibility index (Phi) is 5.28. The van der Waals surface area contributed by atoms with Crippen molar-refractivity contribution in [2.75, 3.05) is 0 Å². The average Bonchev–Trinajstić information content (AvgIpc) is 3.08. The van der Waals surface area contributed by atoms with Crippen molar-refractivity contribution < 1.29 is 4.79 Å². The third-order valence-electron chi connectivity index (χ3n) is 4.38. The van der Waals surface area contributed by atoms with Crippen LogP contribution in [0.1, 0.15) is 16.7 Å². The summed E-state index contributed by atoms with van der Waals surface area (Å²) in [6.07, 6.45) is 1.63. The monoisotopic (exact) mass is 405 g/mol. The maximum atomic E-state index is 13.1. The Bertz CT molecular complexity index is 995.